The zero-order valence-electron chi connectivity index (χ0n) is 15.7. The molecular formula is C19H32N2O4. The lowest BCUT2D eigenvalue weighted by atomic mass is 9.75. The summed E-state index contributed by atoms with van der Waals surface area (Å²) in [6, 6.07) is 0. The number of hydrogen-bond donors (Lipinski definition) is 0. The lowest BCUT2D eigenvalue weighted by Gasteiger charge is -2.33. The molecule has 0 aromatic heterocycles. The Kier molecular flexibility index (Phi) is 6.00. The highest BCUT2D eigenvalue weighted by molar-refractivity contribution is 5.81. The van der Waals surface area contributed by atoms with Crippen molar-refractivity contribution in [2.75, 3.05) is 52.5 Å². The molecule has 0 radical (unpaired) electrons. The van der Waals surface area contributed by atoms with Crippen molar-refractivity contribution in [2.24, 2.45) is 17.3 Å². The van der Waals surface area contributed by atoms with Crippen LogP contribution in [0.15, 0.2) is 0 Å². The molecule has 25 heavy (non-hydrogen) atoms. The van der Waals surface area contributed by atoms with E-state index in [1.54, 1.807) is 6.92 Å². The second-order valence-corrected chi connectivity index (χ2v) is 7.89. The van der Waals surface area contributed by atoms with Crippen molar-refractivity contribution < 1.29 is 19.1 Å². The summed E-state index contributed by atoms with van der Waals surface area (Å²) >= 11 is 0. The number of rotatable bonds is 4. The number of hydrogen-bond acceptors (Lipinski definition) is 5. The minimum atomic E-state index is -0.508. The van der Waals surface area contributed by atoms with Gasteiger partial charge in [0.1, 0.15) is 0 Å². The first-order chi connectivity index (χ1) is 12.0. The van der Waals surface area contributed by atoms with Crippen molar-refractivity contribution in [3.63, 3.8) is 0 Å². The van der Waals surface area contributed by atoms with Gasteiger partial charge in [0.25, 0.3) is 0 Å². The molecule has 0 aromatic carbocycles. The summed E-state index contributed by atoms with van der Waals surface area (Å²) in [4.78, 5) is 29.1. The van der Waals surface area contributed by atoms with Crippen LogP contribution in [0, 0.1) is 17.3 Å². The Morgan fingerprint density at radius 3 is 2.68 bits per heavy atom. The fourth-order valence-corrected chi connectivity index (χ4v) is 4.82. The molecule has 3 saturated heterocycles. The van der Waals surface area contributed by atoms with Crippen LogP contribution in [0.4, 0.5) is 0 Å². The third-order valence-corrected chi connectivity index (χ3v) is 6.26. The summed E-state index contributed by atoms with van der Waals surface area (Å²) in [7, 11) is 0. The molecule has 0 spiro atoms. The molecule has 3 aliphatic rings. The summed E-state index contributed by atoms with van der Waals surface area (Å²) < 4.78 is 10.9. The van der Waals surface area contributed by atoms with Gasteiger partial charge in [0.2, 0.25) is 5.91 Å². The molecular weight excluding hydrogens is 320 g/mol. The summed E-state index contributed by atoms with van der Waals surface area (Å²) in [6.07, 6.45) is 4.07. The Hall–Kier alpha value is -1.14. The molecule has 0 aromatic rings. The Balaban J connectivity index is 1.72. The number of esters is 1. The minimum Gasteiger partial charge on any atom is -0.466 e. The third-order valence-electron chi connectivity index (χ3n) is 6.26. The van der Waals surface area contributed by atoms with E-state index in [1.807, 2.05) is 11.8 Å². The highest BCUT2D eigenvalue weighted by Gasteiger charge is 2.54. The van der Waals surface area contributed by atoms with E-state index < -0.39 is 5.41 Å². The second-order valence-electron chi connectivity index (χ2n) is 7.89. The zero-order chi connectivity index (χ0) is 17.9. The predicted octanol–water partition coefficient (Wildman–Crippen LogP) is 1.54. The monoisotopic (exact) mass is 352 g/mol. The first-order valence-electron chi connectivity index (χ1n) is 9.78. The molecule has 6 nitrogen and oxygen atoms in total. The van der Waals surface area contributed by atoms with E-state index in [4.69, 9.17) is 9.47 Å². The van der Waals surface area contributed by atoms with Crippen LogP contribution in [0.2, 0.25) is 0 Å². The fraction of sp³-hybridized carbons (Fsp3) is 0.895. The Morgan fingerprint density at radius 2 is 2.00 bits per heavy atom. The molecule has 0 saturated carbocycles. The molecule has 3 aliphatic heterocycles. The van der Waals surface area contributed by atoms with E-state index in [-0.39, 0.29) is 17.8 Å². The van der Waals surface area contributed by atoms with Crippen molar-refractivity contribution in [3.05, 3.63) is 0 Å². The molecule has 0 N–H and O–H groups in total. The first-order valence-corrected chi connectivity index (χ1v) is 9.78. The van der Waals surface area contributed by atoms with Crippen LogP contribution < -0.4 is 0 Å². The maximum absolute atomic E-state index is 12.8. The normalized spacial score (nSPS) is 31.4. The Morgan fingerprint density at radius 1 is 1.24 bits per heavy atom. The van der Waals surface area contributed by atoms with Gasteiger partial charge in [-0.3, -0.25) is 9.59 Å². The van der Waals surface area contributed by atoms with Crippen LogP contribution in [0.5, 0.6) is 0 Å². The van der Waals surface area contributed by atoms with Crippen molar-refractivity contribution in [3.8, 4) is 0 Å². The number of amides is 1. The third kappa shape index (κ3) is 4.00. The van der Waals surface area contributed by atoms with Gasteiger partial charge < -0.3 is 19.3 Å². The predicted molar refractivity (Wildman–Crippen MR) is 94.0 cm³/mol. The second kappa shape index (κ2) is 8.04. The maximum atomic E-state index is 12.8. The van der Waals surface area contributed by atoms with E-state index in [1.165, 1.54) is 0 Å². The molecule has 142 valence electrons. The summed E-state index contributed by atoms with van der Waals surface area (Å²) in [5.74, 6) is 0.830. The highest BCUT2D eigenvalue weighted by Crippen LogP contribution is 2.44. The average Bonchev–Trinajstić information content (AvgIpc) is 2.87. The average molecular weight is 352 g/mol. The molecule has 3 rings (SSSR count). The number of fused-ring (bicyclic) bond motifs is 1. The fourth-order valence-electron chi connectivity index (χ4n) is 4.82. The molecule has 1 amide bonds. The van der Waals surface area contributed by atoms with Gasteiger partial charge in [-0.05, 0) is 45.1 Å². The van der Waals surface area contributed by atoms with Crippen molar-refractivity contribution >= 4 is 11.9 Å². The number of ether oxygens (including phenoxy) is 2. The quantitative estimate of drug-likeness (QED) is 0.718. The number of carbonyl (C=O) groups is 2. The molecule has 0 unspecified atom stereocenters. The maximum Gasteiger partial charge on any atom is 0.314 e. The highest BCUT2D eigenvalue weighted by atomic mass is 16.5. The van der Waals surface area contributed by atoms with Crippen LogP contribution in [0.1, 0.15) is 39.5 Å². The molecule has 6 heteroatoms. The lowest BCUT2D eigenvalue weighted by molar-refractivity contribution is -0.157. The van der Waals surface area contributed by atoms with Crippen LogP contribution in [0.25, 0.3) is 0 Å². The van der Waals surface area contributed by atoms with Gasteiger partial charge in [-0.1, -0.05) is 0 Å². The van der Waals surface area contributed by atoms with E-state index >= 15 is 0 Å². The molecule has 3 heterocycles. The summed E-state index contributed by atoms with van der Waals surface area (Å²) in [5.41, 5.74) is -0.508. The minimum absolute atomic E-state index is 0.0627. The summed E-state index contributed by atoms with van der Waals surface area (Å²) in [6.45, 7) is 9.81. The topological polar surface area (TPSA) is 59.1 Å². The van der Waals surface area contributed by atoms with Crippen LogP contribution in [0.3, 0.4) is 0 Å². The van der Waals surface area contributed by atoms with Gasteiger partial charge in [0, 0.05) is 52.2 Å². The Bertz CT molecular complexity index is 492. The summed E-state index contributed by atoms with van der Waals surface area (Å²) in [5, 5.41) is 0. The van der Waals surface area contributed by atoms with Gasteiger partial charge >= 0.3 is 5.97 Å². The van der Waals surface area contributed by atoms with E-state index in [9.17, 15) is 9.59 Å². The van der Waals surface area contributed by atoms with Gasteiger partial charge in [-0.2, -0.15) is 0 Å². The van der Waals surface area contributed by atoms with Gasteiger partial charge in [-0.15, -0.1) is 0 Å². The molecule has 0 aliphatic carbocycles. The number of nitrogens with zero attached hydrogens (tertiary/aromatic N) is 2. The first kappa shape index (κ1) is 18.6. The van der Waals surface area contributed by atoms with Crippen LogP contribution >= 0.6 is 0 Å². The van der Waals surface area contributed by atoms with E-state index in [2.05, 4.69) is 4.90 Å². The molecule has 3 fully saturated rings. The number of likely N-dealkylation sites (tertiary alicyclic amines) is 2. The molecule has 2 atom stereocenters. The van der Waals surface area contributed by atoms with Crippen LogP contribution in [-0.2, 0) is 19.1 Å². The van der Waals surface area contributed by atoms with Crippen molar-refractivity contribution in [1.29, 1.82) is 0 Å². The molecule has 0 bridgehead atoms. The zero-order valence-corrected chi connectivity index (χ0v) is 15.7. The lowest BCUT2D eigenvalue weighted by Crippen LogP contribution is -2.43. The van der Waals surface area contributed by atoms with Crippen molar-refractivity contribution in [2.45, 2.75) is 39.5 Å². The van der Waals surface area contributed by atoms with Gasteiger partial charge in [0.05, 0.1) is 12.0 Å². The smallest absolute Gasteiger partial charge is 0.314 e. The van der Waals surface area contributed by atoms with Gasteiger partial charge in [-0.25, -0.2) is 0 Å². The Labute approximate surface area is 150 Å². The van der Waals surface area contributed by atoms with E-state index in [0.717, 1.165) is 58.5 Å². The van der Waals surface area contributed by atoms with Crippen LogP contribution in [-0.4, -0.2) is 74.2 Å². The van der Waals surface area contributed by atoms with Crippen molar-refractivity contribution in [1.82, 2.24) is 9.80 Å². The standard InChI is InChI=1S/C19H32N2O4/c1-3-25-18(23)19-7-4-8-20(11-16-5-9-24-10-6-16)12-17(19)13-21(14-19)15(2)22/h16-17H,3-14H2,1-2H3/t17-,19-/m0/s1. The van der Waals surface area contributed by atoms with E-state index in [0.29, 0.717) is 25.6 Å². The largest absolute Gasteiger partial charge is 0.466 e. The van der Waals surface area contributed by atoms with Gasteiger partial charge in [0.15, 0.2) is 0 Å². The number of carbonyl (C=O) groups excluding carboxylic acids is 2. The SMILES string of the molecule is CCOC(=O)[C@]12CCCN(CC3CCOCC3)C[C@H]1CN(C(C)=O)C2.